The van der Waals surface area contributed by atoms with Gasteiger partial charge in [0.2, 0.25) is 0 Å². The van der Waals surface area contributed by atoms with Crippen molar-refractivity contribution in [2.24, 2.45) is 0 Å². The monoisotopic (exact) mass is 325 g/mol. The van der Waals surface area contributed by atoms with Crippen LogP contribution < -0.4 is 10.2 Å². The first-order valence-corrected chi connectivity index (χ1v) is 8.21. The summed E-state index contributed by atoms with van der Waals surface area (Å²) in [6.45, 7) is 3.82. The predicted octanol–water partition coefficient (Wildman–Crippen LogP) is 3.13. The average molecular weight is 325 g/mol. The Morgan fingerprint density at radius 1 is 1.29 bits per heavy atom. The van der Waals surface area contributed by atoms with E-state index >= 15 is 0 Å². The third-order valence-corrected chi connectivity index (χ3v) is 4.35. The van der Waals surface area contributed by atoms with Crippen LogP contribution >= 0.6 is 0 Å². The molecule has 1 fully saturated rings. The van der Waals surface area contributed by atoms with Gasteiger partial charge in [0.1, 0.15) is 18.0 Å². The standard InChI is InChI=1S/C18H20FN5/c1-2-14-10-18(22-12-21-14)24-7-5-15(6-8-24)23-17-4-3-13(11-20)9-16(17)19/h3-4,9-10,12,15,23H,2,5-8H2,1H3. The molecule has 1 saturated heterocycles. The van der Waals surface area contributed by atoms with Crippen molar-refractivity contribution in [2.75, 3.05) is 23.3 Å². The van der Waals surface area contributed by atoms with Gasteiger partial charge in [-0.2, -0.15) is 5.26 Å². The molecule has 1 aromatic heterocycles. The third kappa shape index (κ3) is 3.62. The summed E-state index contributed by atoms with van der Waals surface area (Å²) in [6, 6.07) is 8.74. The molecule has 0 amide bonds. The van der Waals surface area contributed by atoms with Gasteiger partial charge in [0, 0.05) is 30.9 Å². The highest BCUT2D eigenvalue weighted by molar-refractivity contribution is 5.50. The van der Waals surface area contributed by atoms with E-state index in [1.165, 1.54) is 6.07 Å². The minimum absolute atomic E-state index is 0.219. The maximum atomic E-state index is 14.0. The number of benzene rings is 1. The first-order chi connectivity index (χ1) is 11.7. The summed E-state index contributed by atoms with van der Waals surface area (Å²) in [4.78, 5) is 10.8. The molecule has 24 heavy (non-hydrogen) atoms. The smallest absolute Gasteiger partial charge is 0.147 e. The molecule has 6 heteroatoms. The lowest BCUT2D eigenvalue weighted by Gasteiger charge is -2.33. The van der Waals surface area contributed by atoms with Crippen molar-refractivity contribution in [3.05, 3.63) is 47.7 Å². The number of nitrogens with zero attached hydrogens (tertiary/aromatic N) is 4. The van der Waals surface area contributed by atoms with E-state index in [-0.39, 0.29) is 11.9 Å². The van der Waals surface area contributed by atoms with Gasteiger partial charge in [-0.15, -0.1) is 0 Å². The van der Waals surface area contributed by atoms with E-state index in [9.17, 15) is 4.39 Å². The van der Waals surface area contributed by atoms with Crippen molar-refractivity contribution >= 4 is 11.5 Å². The lowest BCUT2D eigenvalue weighted by Crippen LogP contribution is -2.39. The van der Waals surface area contributed by atoms with Gasteiger partial charge in [0.25, 0.3) is 0 Å². The minimum atomic E-state index is -0.375. The summed E-state index contributed by atoms with van der Waals surface area (Å²) in [7, 11) is 0. The SMILES string of the molecule is CCc1cc(N2CCC(Nc3ccc(C#N)cc3F)CC2)ncn1. The highest BCUT2D eigenvalue weighted by Gasteiger charge is 2.21. The fourth-order valence-electron chi connectivity index (χ4n) is 2.93. The Labute approximate surface area is 141 Å². The number of halogens is 1. The van der Waals surface area contributed by atoms with E-state index < -0.39 is 0 Å². The van der Waals surface area contributed by atoms with Gasteiger partial charge in [-0.05, 0) is 37.5 Å². The second-order valence-corrected chi connectivity index (χ2v) is 5.93. The number of anilines is 2. The zero-order chi connectivity index (χ0) is 16.9. The molecule has 5 nitrogen and oxygen atoms in total. The molecule has 1 aromatic carbocycles. The molecule has 0 spiro atoms. The van der Waals surface area contributed by atoms with E-state index in [0.29, 0.717) is 11.3 Å². The fraction of sp³-hybridized carbons (Fsp3) is 0.389. The molecule has 0 unspecified atom stereocenters. The molecule has 0 saturated carbocycles. The van der Waals surface area contributed by atoms with Crippen LogP contribution in [-0.4, -0.2) is 29.1 Å². The second-order valence-electron chi connectivity index (χ2n) is 5.93. The minimum Gasteiger partial charge on any atom is -0.380 e. The molecule has 124 valence electrons. The van der Waals surface area contributed by atoms with Gasteiger partial charge in [-0.3, -0.25) is 0 Å². The molecule has 0 bridgehead atoms. The topological polar surface area (TPSA) is 64.8 Å². The molecule has 1 aliphatic rings. The molecule has 1 aliphatic heterocycles. The summed E-state index contributed by atoms with van der Waals surface area (Å²) in [5, 5.41) is 12.0. The van der Waals surface area contributed by atoms with E-state index in [1.54, 1.807) is 18.5 Å². The van der Waals surface area contributed by atoms with E-state index in [1.807, 2.05) is 12.1 Å². The maximum absolute atomic E-state index is 14.0. The average Bonchev–Trinajstić information content (AvgIpc) is 2.64. The first-order valence-electron chi connectivity index (χ1n) is 8.21. The highest BCUT2D eigenvalue weighted by Crippen LogP contribution is 2.23. The number of nitrogens with one attached hydrogen (secondary N) is 1. The number of aryl methyl sites for hydroxylation is 1. The highest BCUT2D eigenvalue weighted by atomic mass is 19.1. The van der Waals surface area contributed by atoms with Gasteiger partial charge in [0.05, 0.1) is 17.3 Å². The van der Waals surface area contributed by atoms with Gasteiger partial charge in [-0.1, -0.05) is 6.92 Å². The Bertz CT molecular complexity index is 747. The lowest BCUT2D eigenvalue weighted by atomic mass is 10.0. The van der Waals surface area contributed by atoms with Gasteiger partial charge in [0.15, 0.2) is 0 Å². The number of aromatic nitrogens is 2. The van der Waals surface area contributed by atoms with Crippen molar-refractivity contribution in [2.45, 2.75) is 32.2 Å². The molecular weight excluding hydrogens is 305 g/mol. The number of nitriles is 1. The summed E-state index contributed by atoms with van der Waals surface area (Å²) in [6.07, 6.45) is 4.33. The fourth-order valence-corrected chi connectivity index (χ4v) is 2.93. The third-order valence-electron chi connectivity index (χ3n) is 4.35. The summed E-state index contributed by atoms with van der Waals surface area (Å²) < 4.78 is 14.0. The molecule has 0 atom stereocenters. The number of hydrogen-bond acceptors (Lipinski definition) is 5. The van der Waals surface area contributed by atoms with Crippen LogP contribution in [0.5, 0.6) is 0 Å². The van der Waals surface area contributed by atoms with Crippen LogP contribution in [0.3, 0.4) is 0 Å². The predicted molar refractivity (Wildman–Crippen MR) is 91.4 cm³/mol. The molecule has 0 radical (unpaired) electrons. The van der Waals surface area contributed by atoms with Crippen LogP contribution in [0.15, 0.2) is 30.6 Å². The van der Waals surface area contributed by atoms with Gasteiger partial charge < -0.3 is 10.2 Å². The van der Waals surface area contributed by atoms with Crippen molar-refractivity contribution in [1.29, 1.82) is 5.26 Å². The summed E-state index contributed by atoms with van der Waals surface area (Å²) in [5.41, 5.74) is 1.84. The number of hydrogen-bond donors (Lipinski definition) is 1. The van der Waals surface area contributed by atoms with Crippen molar-refractivity contribution in [1.82, 2.24) is 9.97 Å². The van der Waals surface area contributed by atoms with E-state index in [0.717, 1.165) is 43.9 Å². The van der Waals surface area contributed by atoms with E-state index in [4.69, 9.17) is 5.26 Å². The van der Waals surface area contributed by atoms with Crippen LogP contribution in [0.2, 0.25) is 0 Å². The van der Waals surface area contributed by atoms with Gasteiger partial charge in [-0.25, -0.2) is 14.4 Å². The largest absolute Gasteiger partial charge is 0.380 e. The Kier molecular flexibility index (Phi) is 4.90. The molecule has 0 aliphatic carbocycles. The van der Waals surface area contributed by atoms with Crippen molar-refractivity contribution < 1.29 is 4.39 Å². The maximum Gasteiger partial charge on any atom is 0.147 e. The van der Waals surface area contributed by atoms with Crippen LogP contribution in [-0.2, 0) is 6.42 Å². The molecule has 2 aromatic rings. The zero-order valence-corrected chi connectivity index (χ0v) is 13.7. The van der Waals surface area contributed by atoms with Crippen molar-refractivity contribution in [3.8, 4) is 6.07 Å². The Balaban J connectivity index is 1.60. The Morgan fingerprint density at radius 3 is 2.75 bits per heavy atom. The lowest BCUT2D eigenvalue weighted by molar-refractivity contribution is 0.519. The normalized spacial score (nSPS) is 15.1. The molecular formula is C18H20FN5. The van der Waals surface area contributed by atoms with E-state index in [2.05, 4.69) is 27.1 Å². The summed E-state index contributed by atoms with van der Waals surface area (Å²) >= 11 is 0. The number of rotatable bonds is 4. The zero-order valence-electron chi connectivity index (χ0n) is 13.7. The Morgan fingerprint density at radius 2 is 2.08 bits per heavy atom. The van der Waals surface area contributed by atoms with Crippen LogP contribution in [0.25, 0.3) is 0 Å². The Hall–Kier alpha value is -2.68. The quantitative estimate of drug-likeness (QED) is 0.935. The second kappa shape index (κ2) is 7.26. The van der Waals surface area contributed by atoms with Crippen molar-refractivity contribution in [3.63, 3.8) is 0 Å². The first kappa shape index (κ1) is 16.2. The van der Waals surface area contributed by atoms with Crippen LogP contribution in [0.4, 0.5) is 15.9 Å². The van der Waals surface area contributed by atoms with Crippen LogP contribution in [0, 0.1) is 17.1 Å². The van der Waals surface area contributed by atoms with Gasteiger partial charge >= 0.3 is 0 Å². The molecule has 2 heterocycles. The molecule has 1 N–H and O–H groups in total. The number of piperidine rings is 1. The molecule has 3 rings (SSSR count). The summed E-state index contributed by atoms with van der Waals surface area (Å²) in [5.74, 6) is 0.588. The van der Waals surface area contributed by atoms with Crippen LogP contribution in [0.1, 0.15) is 31.0 Å².